The van der Waals surface area contributed by atoms with Gasteiger partial charge in [0.15, 0.2) is 5.65 Å². The van der Waals surface area contributed by atoms with Crippen molar-refractivity contribution in [2.45, 2.75) is 20.4 Å². The highest BCUT2D eigenvalue weighted by atomic mass is 16.4. The number of carboxylic acids is 1. The summed E-state index contributed by atoms with van der Waals surface area (Å²) in [5.74, 6) is 0.165. The highest BCUT2D eigenvalue weighted by Crippen LogP contribution is 2.17. The van der Waals surface area contributed by atoms with Crippen LogP contribution in [0.1, 0.15) is 38.1 Å². The van der Waals surface area contributed by atoms with Crippen LogP contribution in [0.5, 0.6) is 0 Å². The third kappa shape index (κ3) is 2.73. The van der Waals surface area contributed by atoms with Crippen molar-refractivity contribution >= 4 is 17.5 Å². The predicted octanol–water partition coefficient (Wildman–Crippen LogP) is 1.91. The van der Waals surface area contributed by atoms with Crippen molar-refractivity contribution < 1.29 is 19.1 Å². The molecular weight excluding hydrogens is 312 g/mol. The fourth-order valence-electron chi connectivity index (χ4n) is 2.49. The average molecular weight is 328 g/mol. The van der Waals surface area contributed by atoms with Gasteiger partial charge in [0.05, 0.1) is 12.1 Å². The van der Waals surface area contributed by atoms with Crippen LogP contribution in [-0.2, 0) is 6.54 Å². The van der Waals surface area contributed by atoms with Gasteiger partial charge in [-0.05, 0) is 32.0 Å². The van der Waals surface area contributed by atoms with Gasteiger partial charge in [0, 0.05) is 13.2 Å². The van der Waals surface area contributed by atoms with E-state index in [9.17, 15) is 9.59 Å². The van der Waals surface area contributed by atoms with E-state index in [0.717, 1.165) is 0 Å². The van der Waals surface area contributed by atoms with E-state index in [4.69, 9.17) is 9.52 Å². The van der Waals surface area contributed by atoms with E-state index in [-0.39, 0.29) is 18.0 Å². The van der Waals surface area contributed by atoms with Gasteiger partial charge in [-0.1, -0.05) is 0 Å². The minimum Gasteiger partial charge on any atom is -0.478 e. The molecule has 0 saturated heterocycles. The first kappa shape index (κ1) is 15.7. The number of fused-ring (bicyclic) bond motifs is 1. The summed E-state index contributed by atoms with van der Waals surface area (Å²) in [5, 5.41) is 17.0. The zero-order valence-electron chi connectivity index (χ0n) is 13.5. The first-order valence-electron chi connectivity index (χ1n) is 7.26. The van der Waals surface area contributed by atoms with Crippen LogP contribution in [-0.4, -0.2) is 43.5 Å². The van der Waals surface area contributed by atoms with Crippen molar-refractivity contribution in [2.24, 2.45) is 0 Å². The minimum absolute atomic E-state index is 0.104. The average Bonchev–Trinajstić information content (AvgIpc) is 3.09. The van der Waals surface area contributed by atoms with E-state index < -0.39 is 5.97 Å². The van der Waals surface area contributed by atoms with Gasteiger partial charge >= 0.3 is 5.97 Å². The Bertz CT molecular complexity index is 941. The summed E-state index contributed by atoms with van der Waals surface area (Å²) < 4.78 is 7.15. The second-order valence-corrected chi connectivity index (χ2v) is 5.54. The summed E-state index contributed by atoms with van der Waals surface area (Å²) >= 11 is 0. The number of nitrogens with zero attached hydrogens (tertiary/aromatic N) is 4. The van der Waals surface area contributed by atoms with Gasteiger partial charge in [-0.25, -0.2) is 4.79 Å². The molecule has 3 heterocycles. The smallest absolute Gasteiger partial charge is 0.339 e. The lowest BCUT2D eigenvalue weighted by molar-refractivity contribution is 0.0694. The zero-order chi connectivity index (χ0) is 17.4. The van der Waals surface area contributed by atoms with Crippen LogP contribution < -0.4 is 0 Å². The van der Waals surface area contributed by atoms with Crippen molar-refractivity contribution in [1.29, 1.82) is 0 Å². The molecule has 0 radical (unpaired) electrons. The summed E-state index contributed by atoms with van der Waals surface area (Å²) in [7, 11) is 1.63. The maximum Gasteiger partial charge on any atom is 0.339 e. The molecule has 8 nitrogen and oxygen atoms in total. The number of hydrogen-bond donors (Lipinski definition) is 1. The second kappa shape index (κ2) is 5.80. The molecule has 8 heteroatoms. The fraction of sp³-hybridized carbons (Fsp3) is 0.250. The summed E-state index contributed by atoms with van der Waals surface area (Å²) in [6, 6.07) is 4.84. The summed E-state index contributed by atoms with van der Waals surface area (Å²) in [6.07, 6.45) is 1.68. The van der Waals surface area contributed by atoms with E-state index in [2.05, 4.69) is 10.2 Å². The standard InChI is InChI=1S/C16H16N4O4/c1-9-13(16(22)23)6-12(24-9)8-19(3)15(21)11-4-5-14-18-17-10(2)20(14)7-11/h4-7H,8H2,1-3H3,(H,22,23). The van der Waals surface area contributed by atoms with Crippen molar-refractivity contribution in [1.82, 2.24) is 19.5 Å². The Kier molecular flexibility index (Phi) is 3.80. The van der Waals surface area contributed by atoms with Crippen LogP contribution in [0, 0.1) is 13.8 Å². The maximum atomic E-state index is 12.6. The third-order valence-corrected chi connectivity index (χ3v) is 3.76. The molecule has 0 unspecified atom stereocenters. The maximum absolute atomic E-state index is 12.6. The summed E-state index contributed by atoms with van der Waals surface area (Å²) in [6.45, 7) is 3.56. The summed E-state index contributed by atoms with van der Waals surface area (Å²) in [5.41, 5.74) is 1.25. The molecule has 124 valence electrons. The van der Waals surface area contributed by atoms with Gasteiger partial charge in [0.1, 0.15) is 22.9 Å². The molecule has 0 aliphatic carbocycles. The number of aromatic nitrogens is 3. The predicted molar refractivity (Wildman–Crippen MR) is 83.9 cm³/mol. The molecule has 0 atom stereocenters. The Morgan fingerprint density at radius 2 is 2.04 bits per heavy atom. The number of carbonyl (C=O) groups excluding carboxylic acids is 1. The van der Waals surface area contributed by atoms with Crippen molar-refractivity contribution in [3.8, 4) is 0 Å². The minimum atomic E-state index is -1.05. The van der Waals surface area contributed by atoms with Crippen LogP contribution in [0.3, 0.4) is 0 Å². The lowest BCUT2D eigenvalue weighted by Gasteiger charge is -2.15. The largest absolute Gasteiger partial charge is 0.478 e. The van der Waals surface area contributed by atoms with Crippen molar-refractivity contribution in [3.05, 3.63) is 52.9 Å². The molecule has 3 aromatic heterocycles. The lowest BCUT2D eigenvalue weighted by Crippen LogP contribution is -2.26. The van der Waals surface area contributed by atoms with Gasteiger partial charge in [-0.2, -0.15) is 0 Å². The van der Waals surface area contributed by atoms with Gasteiger partial charge in [-0.3, -0.25) is 9.20 Å². The van der Waals surface area contributed by atoms with Gasteiger partial charge in [0.2, 0.25) is 0 Å². The lowest BCUT2D eigenvalue weighted by atomic mass is 10.2. The van der Waals surface area contributed by atoms with E-state index in [1.165, 1.54) is 11.0 Å². The molecule has 0 aliphatic heterocycles. The van der Waals surface area contributed by atoms with Crippen LogP contribution in [0.15, 0.2) is 28.8 Å². The van der Waals surface area contributed by atoms with Crippen LogP contribution >= 0.6 is 0 Å². The molecule has 1 N–H and O–H groups in total. The number of aryl methyl sites for hydroxylation is 2. The van der Waals surface area contributed by atoms with Gasteiger partial charge in [0.25, 0.3) is 5.91 Å². The molecule has 0 aliphatic rings. The van der Waals surface area contributed by atoms with E-state index in [0.29, 0.717) is 28.6 Å². The Labute approximate surface area is 137 Å². The topological polar surface area (TPSA) is 101 Å². The number of carboxylic acid groups (broad SMARTS) is 1. The molecule has 0 saturated carbocycles. The molecule has 24 heavy (non-hydrogen) atoms. The van der Waals surface area contributed by atoms with Gasteiger partial charge in [-0.15, -0.1) is 10.2 Å². The monoisotopic (exact) mass is 328 g/mol. The van der Waals surface area contributed by atoms with E-state index in [1.54, 1.807) is 43.6 Å². The second-order valence-electron chi connectivity index (χ2n) is 5.54. The Morgan fingerprint density at radius 3 is 2.71 bits per heavy atom. The van der Waals surface area contributed by atoms with E-state index in [1.807, 2.05) is 0 Å². The molecule has 0 fully saturated rings. The first-order valence-corrected chi connectivity index (χ1v) is 7.26. The van der Waals surface area contributed by atoms with Crippen LogP contribution in [0.25, 0.3) is 5.65 Å². The molecule has 0 bridgehead atoms. The first-order chi connectivity index (χ1) is 11.4. The highest BCUT2D eigenvalue weighted by Gasteiger charge is 2.18. The van der Waals surface area contributed by atoms with Crippen LogP contribution in [0.4, 0.5) is 0 Å². The number of pyridine rings is 1. The number of carbonyl (C=O) groups is 2. The Morgan fingerprint density at radius 1 is 1.29 bits per heavy atom. The fourth-order valence-corrected chi connectivity index (χ4v) is 2.49. The number of amides is 1. The van der Waals surface area contributed by atoms with Crippen molar-refractivity contribution in [3.63, 3.8) is 0 Å². The molecule has 3 aromatic rings. The highest BCUT2D eigenvalue weighted by molar-refractivity contribution is 5.94. The SMILES string of the molecule is Cc1oc(CN(C)C(=O)c2ccc3nnc(C)n3c2)cc1C(=O)O. The molecule has 3 rings (SSSR count). The molecular formula is C16H16N4O4. The molecule has 0 aromatic carbocycles. The Balaban J connectivity index is 1.81. The van der Waals surface area contributed by atoms with E-state index >= 15 is 0 Å². The number of rotatable bonds is 4. The van der Waals surface area contributed by atoms with Gasteiger partial charge < -0.3 is 14.4 Å². The normalized spacial score (nSPS) is 11.0. The number of aromatic carboxylic acids is 1. The third-order valence-electron chi connectivity index (χ3n) is 3.76. The van der Waals surface area contributed by atoms with Crippen LogP contribution in [0.2, 0.25) is 0 Å². The molecule has 1 amide bonds. The zero-order valence-corrected chi connectivity index (χ0v) is 13.5. The Hall–Kier alpha value is -3.16. The van der Waals surface area contributed by atoms with Crippen molar-refractivity contribution in [2.75, 3.05) is 7.05 Å². The number of furan rings is 1. The quantitative estimate of drug-likeness (QED) is 0.785. The molecule has 0 spiro atoms. The summed E-state index contributed by atoms with van der Waals surface area (Å²) in [4.78, 5) is 25.1. The number of hydrogen-bond acceptors (Lipinski definition) is 5.